The number of aliphatic carboxylic acids is 1. The first-order valence-electron chi connectivity index (χ1n) is 6.22. The third-order valence-corrected chi connectivity index (χ3v) is 3.51. The summed E-state index contributed by atoms with van der Waals surface area (Å²) in [4.78, 5) is 34.3. The van der Waals surface area contributed by atoms with Crippen LogP contribution in [0.15, 0.2) is 12.4 Å². The second-order valence-corrected chi connectivity index (χ2v) is 4.96. The van der Waals surface area contributed by atoms with Gasteiger partial charge in [0.25, 0.3) is 5.91 Å². The molecule has 1 saturated heterocycles. The van der Waals surface area contributed by atoms with Crippen molar-refractivity contribution in [1.29, 1.82) is 0 Å². The number of aromatic nitrogens is 2. The molecule has 1 aliphatic heterocycles. The summed E-state index contributed by atoms with van der Waals surface area (Å²) >= 11 is 5.71. The SMILES string of the molecule is CC(C(=O)O)N1CCN(C(=O)c2cncc(Cl)n2)CC1. The van der Waals surface area contributed by atoms with Crippen LogP contribution in [-0.2, 0) is 4.79 Å². The van der Waals surface area contributed by atoms with Crippen LogP contribution in [0.3, 0.4) is 0 Å². The van der Waals surface area contributed by atoms with Crippen LogP contribution in [0.4, 0.5) is 0 Å². The molecule has 20 heavy (non-hydrogen) atoms. The van der Waals surface area contributed by atoms with Crippen LogP contribution >= 0.6 is 11.6 Å². The molecule has 0 bridgehead atoms. The minimum Gasteiger partial charge on any atom is -0.480 e. The molecular weight excluding hydrogens is 284 g/mol. The van der Waals surface area contributed by atoms with Gasteiger partial charge in [0.15, 0.2) is 0 Å². The largest absolute Gasteiger partial charge is 0.480 e. The van der Waals surface area contributed by atoms with Crippen molar-refractivity contribution >= 4 is 23.5 Å². The smallest absolute Gasteiger partial charge is 0.320 e. The summed E-state index contributed by atoms with van der Waals surface area (Å²) in [6, 6.07) is -0.543. The molecule has 1 aromatic heterocycles. The molecule has 1 aromatic rings. The van der Waals surface area contributed by atoms with E-state index in [-0.39, 0.29) is 16.8 Å². The Bertz CT molecular complexity index is 517. The molecule has 2 rings (SSSR count). The Balaban J connectivity index is 1.97. The lowest BCUT2D eigenvalue weighted by atomic mass is 10.2. The Kier molecular flexibility index (Phi) is 4.51. The summed E-state index contributed by atoms with van der Waals surface area (Å²) in [6.45, 7) is 3.61. The van der Waals surface area contributed by atoms with Crippen LogP contribution in [0.25, 0.3) is 0 Å². The second kappa shape index (κ2) is 6.15. The van der Waals surface area contributed by atoms with Gasteiger partial charge >= 0.3 is 5.97 Å². The molecule has 0 aliphatic carbocycles. The zero-order valence-electron chi connectivity index (χ0n) is 11.0. The number of carbonyl (C=O) groups excluding carboxylic acids is 1. The number of halogens is 1. The highest BCUT2D eigenvalue weighted by Gasteiger charge is 2.28. The van der Waals surface area contributed by atoms with Crippen LogP contribution in [-0.4, -0.2) is 69.0 Å². The van der Waals surface area contributed by atoms with Crippen molar-refractivity contribution in [3.63, 3.8) is 0 Å². The predicted molar refractivity (Wildman–Crippen MR) is 71.6 cm³/mol. The molecule has 0 saturated carbocycles. The molecule has 8 heteroatoms. The van der Waals surface area contributed by atoms with Crippen LogP contribution in [0.1, 0.15) is 17.4 Å². The van der Waals surface area contributed by atoms with Gasteiger partial charge < -0.3 is 10.0 Å². The summed E-state index contributed by atoms with van der Waals surface area (Å²) < 4.78 is 0. The average Bonchev–Trinajstić information content (AvgIpc) is 2.46. The van der Waals surface area contributed by atoms with Crippen LogP contribution in [0, 0.1) is 0 Å². The van der Waals surface area contributed by atoms with E-state index in [1.54, 1.807) is 11.8 Å². The van der Waals surface area contributed by atoms with Gasteiger partial charge in [0.2, 0.25) is 0 Å². The van der Waals surface area contributed by atoms with E-state index in [2.05, 4.69) is 9.97 Å². The molecule has 1 amide bonds. The fraction of sp³-hybridized carbons (Fsp3) is 0.500. The molecule has 0 radical (unpaired) electrons. The van der Waals surface area contributed by atoms with Gasteiger partial charge in [-0.05, 0) is 6.92 Å². The summed E-state index contributed by atoms with van der Waals surface area (Å²) in [5, 5.41) is 9.14. The van der Waals surface area contributed by atoms with E-state index in [4.69, 9.17) is 16.7 Å². The number of carbonyl (C=O) groups is 2. The van der Waals surface area contributed by atoms with Gasteiger partial charge in [-0.3, -0.25) is 19.5 Å². The molecule has 2 heterocycles. The zero-order chi connectivity index (χ0) is 14.7. The maximum atomic E-state index is 12.2. The number of hydrogen-bond acceptors (Lipinski definition) is 5. The first-order chi connectivity index (χ1) is 9.49. The summed E-state index contributed by atoms with van der Waals surface area (Å²) in [6.07, 6.45) is 2.74. The van der Waals surface area contributed by atoms with E-state index in [1.165, 1.54) is 12.4 Å². The van der Waals surface area contributed by atoms with Crippen molar-refractivity contribution in [2.24, 2.45) is 0 Å². The lowest BCUT2D eigenvalue weighted by Gasteiger charge is -2.36. The van der Waals surface area contributed by atoms with Gasteiger partial charge in [0, 0.05) is 26.2 Å². The zero-order valence-corrected chi connectivity index (χ0v) is 11.7. The highest BCUT2D eigenvalue weighted by atomic mass is 35.5. The minimum atomic E-state index is -0.856. The number of carboxylic acids is 1. The lowest BCUT2D eigenvalue weighted by molar-refractivity contribution is -0.143. The Morgan fingerprint density at radius 2 is 1.95 bits per heavy atom. The predicted octanol–water partition coefficient (Wildman–Crippen LogP) is 0.361. The maximum Gasteiger partial charge on any atom is 0.320 e. The van der Waals surface area contributed by atoms with E-state index >= 15 is 0 Å². The molecule has 0 aromatic carbocycles. The Labute approximate surface area is 121 Å². The minimum absolute atomic E-state index is 0.175. The van der Waals surface area contributed by atoms with Crippen LogP contribution in [0.5, 0.6) is 0 Å². The van der Waals surface area contributed by atoms with Gasteiger partial charge in [-0.1, -0.05) is 11.6 Å². The molecule has 108 valence electrons. The number of piperazine rings is 1. The fourth-order valence-corrected chi connectivity index (χ4v) is 2.22. The van der Waals surface area contributed by atoms with E-state index in [0.717, 1.165) is 0 Å². The summed E-state index contributed by atoms with van der Waals surface area (Å²) in [7, 11) is 0. The molecule has 1 N–H and O–H groups in total. The second-order valence-electron chi connectivity index (χ2n) is 4.57. The first-order valence-corrected chi connectivity index (χ1v) is 6.60. The van der Waals surface area contributed by atoms with Crippen molar-refractivity contribution in [3.05, 3.63) is 23.2 Å². The molecular formula is C12H15ClN4O3. The van der Waals surface area contributed by atoms with E-state index in [0.29, 0.717) is 26.2 Å². The topological polar surface area (TPSA) is 86.6 Å². The quantitative estimate of drug-likeness (QED) is 0.867. The molecule has 0 spiro atoms. The summed E-state index contributed by atoms with van der Waals surface area (Å²) in [5.74, 6) is -1.09. The van der Waals surface area contributed by atoms with Crippen molar-refractivity contribution in [2.45, 2.75) is 13.0 Å². The van der Waals surface area contributed by atoms with E-state index in [9.17, 15) is 9.59 Å². The number of carboxylic acid groups (broad SMARTS) is 1. The number of amides is 1. The lowest BCUT2D eigenvalue weighted by Crippen LogP contribution is -2.53. The van der Waals surface area contributed by atoms with Crippen LogP contribution in [0.2, 0.25) is 5.15 Å². The Morgan fingerprint density at radius 1 is 1.30 bits per heavy atom. The molecule has 1 aliphatic rings. The van der Waals surface area contributed by atoms with Gasteiger partial charge in [0.1, 0.15) is 16.9 Å². The summed E-state index contributed by atoms with van der Waals surface area (Å²) in [5.41, 5.74) is 0.206. The average molecular weight is 299 g/mol. The Morgan fingerprint density at radius 3 is 2.50 bits per heavy atom. The highest BCUT2D eigenvalue weighted by Crippen LogP contribution is 2.11. The van der Waals surface area contributed by atoms with Crippen LogP contribution < -0.4 is 0 Å². The van der Waals surface area contributed by atoms with E-state index < -0.39 is 12.0 Å². The monoisotopic (exact) mass is 298 g/mol. The number of hydrogen-bond donors (Lipinski definition) is 1. The van der Waals surface area contributed by atoms with Gasteiger partial charge in [-0.25, -0.2) is 4.98 Å². The van der Waals surface area contributed by atoms with Crippen molar-refractivity contribution in [2.75, 3.05) is 26.2 Å². The first kappa shape index (κ1) is 14.7. The molecule has 7 nitrogen and oxygen atoms in total. The molecule has 1 atom stereocenters. The van der Waals surface area contributed by atoms with E-state index in [1.807, 2.05) is 4.90 Å². The van der Waals surface area contributed by atoms with Gasteiger partial charge in [0.05, 0.1) is 12.4 Å². The fourth-order valence-electron chi connectivity index (χ4n) is 2.08. The van der Waals surface area contributed by atoms with Crippen molar-refractivity contribution in [3.8, 4) is 0 Å². The van der Waals surface area contributed by atoms with Crippen molar-refractivity contribution < 1.29 is 14.7 Å². The third-order valence-electron chi connectivity index (χ3n) is 3.33. The molecule has 1 unspecified atom stereocenters. The van der Waals surface area contributed by atoms with Crippen molar-refractivity contribution in [1.82, 2.24) is 19.8 Å². The maximum absolute atomic E-state index is 12.2. The normalized spacial score (nSPS) is 17.8. The molecule has 1 fully saturated rings. The van der Waals surface area contributed by atoms with Gasteiger partial charge in [-0.2, -0.15) is 0 Å². The number of nitrogens with zero attached hydrogens (tertiary/aromatic N) is 4. The standard InChI is InChI=1S/C12H15ClN4O3/c1-8(12(19)20)16-2-4-17(5-3-16)11(18)9-6-14-7-10(13)15-9/h6-8H,2-5H2,1H3,(H,19,20). The van der Waals surface area contributed by atoms with Gasteiger partial charge in [-0.15, -0.1) is 0 Å². The Hall–Kier alpha value is -1.73. The highest BCUT2D eigenvalue weighted by molar-refractivity contribution is 6.29. The number of rotatable bonds is 3. The third kappa shape index (κ3) is 3.23.